The second kappa shape index (κ2) is 17.0. The van der Waals surface area contributed by atoms with Crippen LogP contribution in [0.25, 0.3) is 0 Å². The normalized spacial score (nSPS) is 21.1. The lowest BCUT2D eigenvalue weighted by atomic mass is 9.85. The van der Waals surface area contributed by atoms with Crippen molar-refractivity contribution in [2.75, 3.05) is 47.8 Å². The summed E-state index contributed by atoms with van der Waals surface area (Å²) >= 11 is 6.26. The largest absolute Gasteiger partial charge is 0.368 e. The van der Waals surface area contributed by atoms with Crippen molar-refractivity contribution in [3.05, 3.63) is 99.3 Å². The molecule has 19 heteroatoms. The molecule has 6 amide bonds. The van der Waals surface area contributed by atoms with Gasteiger partial charge in [-0.2, -0.15) is 9.65 Å². The van der Waals surface area contributed by atoms with E-state index in [1.54, 1.807) is 30.3 Å². The fraction of sp³-hybridized carbons (Fsp3) is 0.364. The van der Waals surface area contributed by atoms with E-state index in [-0.39, 0.29) is 53.2 Å². The van der Waals surface area contributed by atoms with Crippen molar-refractivity contribution >= 4 is 70.1 Å². The minimum absolute atomic E-state index is 0.0428. The molecule has 2 saturated heterocycles. The Morgan fingerprint density at radius 3 is 2.32 bits per heavy atom. The van der Waals surface area contributed by atoms with Gasteiger partial charge in [-0.15, -0.1) is 0 Å². The highest BCUT2D eigenvalue weighted by molar-refractivity contribution is 6.32. The maximum atomic E-state index is 15.3. The van der Waals surface area contributed by atoms with Crippen LogP contribution in [0.2, 0.25) is 5.02 Å². The number of rotatable bonds is 8. The zero-order valence-electron chi connectivity index (χ0n) is 33.9. The molecule has 1 atom stereocenters. The van der Waals surface area contributed by atoms with Gasteiger partial charge in [-0.05, 0) is 87.1 Å². The summed E-state index contributed by atoms with van der Waals surface area (Å²) < 4.78 is 15.3. The summed E-state index contributed by atoms with van der Waals surface area (Å²) in [6, 6.07) is 14.0. The lowest BCUT2D eigenvalue weighted by Gasteiger charge is -2.39. The van der Waals surface area contributed by atoms with Crippen LogP contribution in [0.5, 0.6) is 0 Å². The molecule has 5 aliphatic rings. The number of pyridine rings is 1. The van der Waals surface area contributed by atoms with E-state index in [2.05, 4.69) is 41.9 Å². The summed E-state index contributed by atoms with van der Waals surface area (Å²) in [5.41, 5.74) is 3.87. The van der Waals surface area contributed by atoms with Crippen LogP contribution in [0.15, 0.2) is 54.9 Å². The van der Waals surface area contributed by atoms with Crippen LogP contribution in [-0.4, -0.2) is 105 Å². The highest BCUT2D eigenvalue weighted by Crippen LogP contribution is 2.33. The minimum atomic E-state index is -1.04. The maximum Gasteiger partial charge on any atom is 0.262 e. The van der Waals surface area contributed by atoms with Crippen LogP contribution in [0.3, 0.4) is 0 Å². The average molecular weight is 874 g/mol. The van der Waals surface area contributed by atoms with E-state index in [0.29, 0.717) is 87.8 Å². The van der Waals surface area contributed by atoms with Crippen molar-refractivity contribution in [2.24, 2.45) is 5.92 Å². The molecular formula is C44H41ClFN11O6. The monoisotopic (exact) mass is 873 g/mol. The number of piperidine rings is 1. The number of piperazine rings is 1. The molecule has 3 fully saturated rings. The first-order valence-corrected chi connectivity index (χ1v) is 21.2. The fourth-order valence-electron chi connectivity index (χ4n) is 9.12. The van der Waals surface area contributed by atoms with Gasteiger partial charge in [-0.25, -0.2) is 15.0 Å². The topological polar surface area (TPSA) is 214 Å². The Labute approximate surface area is 365 Å². The van der Waals surface area contributed by atoms with Gasteiger partial charge < -0.3 is 25.3 Å². The van der Waals surface area contributed by atoms with E-state index in [1.807, 2.05) is 15.9 Å². The number of nitriles is 1. The summed E-state index contributed by atoms with van der Waals surface area (Å²) in [5.74, 6) is -3.22. The van der Waals surface area contributed by atoms with Crippen molar-refractivity contribution in [2.45, 2.75) is 63.6 Å². The molecule has 4 aromatic rings. The summed E-state index contributed by atoms with van der Waals surface area (Å²) in [4.78, 5) is 97.1. The van der Waals surface area contributed by atoms with Crippen LogP contribution in [-0.2, 0) is 27.3 Å². The summed E-state index contributed by atoms with van der Waals surface area (Å²) in [7, 11) is 0. The maximum absolute atomic E-state index is 15.3. The number of hydrogen-bond donors (Lipinski definition) is 3. The molecule has 322 valence electrons. The minimum Gasteiger partial charge on any atom is -0.368 e. The van der Waals surface area contributed by atoms with E-state index in [9.17, 15) is 34.0 Å². The predicted octanol–water partition coefficient (Wildman–Crippen LogP) is 3.88. The van der Waals surface area contributed by atoms with Gasteiger partial charge in [0.15, 0.2) is 0 Å². The van der Waals surface area contributed by atoms with Crippen molar-refractivity contribution in [1.82, 2.24) is 35.4 Å². The smallest absolute Gasteiger partial charge is 0.262 e. The molecule has 1 unspecified atom stereocenters. The van der Waals surface area contributed by atoms with E-state index in [1.165, 1.54) is 18.5 Å². The third-order valence-corrected chi connectivity index (χ3v) is 12.9. The number of nitrogens with zero attached hydrogens (tertiary/aromatic N) is 8. The standard InChI is InChI=1S/C44H41ClFN11O6/c45-33-20-28(6-3-25(33)21-47)56-14-13-30-34(22-56)48-23-49-39(30)52-36-11-9-31(38(46)51-36)40(59)50-26-4-1-24(2-5-26)42(61)55-17-15-54(16-18-55)27-7-8-29-32(19-27)44(63)57(43(29)62)35-10-12-37(58)53-41(35)60/h3,6-9,11,19-20,23-24,26,35H,1-2,4-5,10,12-18,22H2,(H,50,59)(H,53,58,60)(H,48,49,51,52). The second-order valence-corrected chi connectivity index (χ2v) is 16.7. The van der Waals surface area contributed by atoms with Gasteiger partial charge in [0, 0.05) is 68.0 Å². The first-order valence-electron chi connectivity index (χ1n) is 20.9. The third-order valence-electron chi connectivity index (χ3n) is 12.6. The Morgan fingerprint density at radius 2 is 1.59 bits per heavy atom. The second-order valence-electron chi connectivity index (χ2n) is 16.3. The third kappa shape index (κ3) is 8.11. The van der Waals surface area contributed by atoms with Crippen LogP contribution in [0, 0.1) is 23.2 Å². The Hall–Kier alpha value is -7.00. The number of carbonyl (C=O) groups excluding carboxylic acids is 6. The quantitative estimate of drug-likeness (QED) is 0.170. The first-order chi connectivity index (χ1) is 30.4. The number of imide groups is 2. The molecule has 3 N–H and O–H groups in total. The number of amides is 6. The number of benzene rings is 2. The predicted molar refractivity (Wildman–Crippen MR) is 226 cm³/mol. The van der Waals surface area contributed by atoms with Crippen LogP contribution in [0.1, 0.15) is 86.4 Å². The van der Waals surface area contributed by atoms with Gasteiger partial charge in [0.1, 0.15) is 30.1 Å². The molecule has 17 nitrogen and oxygen atoms in total. The molecule has 63 heavy (non-hydrogen) atoms. The number of nitrogens with one attached hydrogen (secondary N) is 3. The van der Waals surface area contributed by atoms with E-state index in [0.717, 1.165) is 27.5 Å². The number of fused-ring (bicyclic) bond motifs is 2. The SMILES string of the molecule is N#Cc1ccc(N2CCc3c(ncnc3Nc3ccc(C(=O)NC4CCC(C(=O)N5CCN(c6ccc7c(c6)C(=O)N(C6CCC(=O)NC6=O)C7=O)CC5)CC4)c(F)n3)C2)cc1Cl. The molecule has 0 bridgehead atoms. The number of anilines is 4. The lowest BCUT2D eigenvalue weighted by Crippen LogP contribution is -2.54. The van der Waals surface area contributed by atoms with E-state index >= 15 is 4.39 Å². The Morgan fingerprint density at radius 1 is 0.841 bits per heavy atom. The van der Waals surface area contributed by atoms with Crippen LogP contribution in [0.4, 0.5) is 27.4 Å². The number of aromatic nitrogens is 3. The molecular weight excluding hydrogens is 833 g/mol. The molecule has 0 radical (unpaired) electrons. The number of hydrogen-bond acceptors (Lipinski definition) is 13. The molecule has 2 aromatic carbocycles. The average Bonchev–Trinajstić information content (AvgIpc) is 3.53. The Kier molecular flexibility index (Phi) is 11.2. The van der Waals surface area contributed by atoms with Gasteiger partial charge in [-0.1, -0.05) is 11.6 Å². The zero-order valence-corrected chi connectivity index (χ0v) is 34.7. The van der Waals surface area contributed by atoms with Gasteiger partial charge in [0.2, 0.25) is 23.7 Å². The highest BCUT2D eigenvalue weighted by Gasteiger charge is 2.45. The van der Waals surface area contributed by atoms with Crippen molar-refractivity contribution < 1.29 is 33.2 Å². The summed E-state index contributed by atoms with van der Waals surface area (Å²) in [5, 5.41) is 17.8. The molecule has 9 rings (SSSR count). The molecule has 1 saturated carbocycles. The molecule has 4 aliphatic heterocycles. The Bertz CT molecular complexity index is 2620. The summed E-state index contributed by atoms with van der Waals surface area (Å²) in [6.07, 6.45) is 4.39. The fourth-order valence-corrected chi connectivity index (χ4v) is 9.33. The van der Waals surface area contributed by atoms with E-state index in [4.69, 9.17) is 11.6 Å². The van der Waals surface area contributed by atoms with Gasteiger partial charge >= 0.3 is 0 Å². The van der Waals surface area contributed by atoms with Crippen molar-refractivity contribution in [1.29, 1.82) is 5.26 Å². The highest BCUT2D eigenvalue weighted by atomic mass is 35.5. The van der Waals surface area contributed by atoms with Crippen molar-refractivity contribution in [3.63, 3.8) is 0 Å². The molecule has 2 aromatic heterocycles. The van der Waals surface area contributed by atoms with Crippen LogP contribution < -0.4 is 25.8 Å². The van der Waals surface area contributed by atoms with Crippen molar-refractivity contribution in [3.8, 4) is 6.07 Å². The lowest BCUT2D eigenvalue weighted by molar-refractivity contribution is -0.137. The van der Waals surface area contributed by atoms with E-state index < -0.39 is 41.5 Å². The molecule has 6 heterocycles. The van der Waals surface area contributed by atoms with Crippen LogP contribution >= 0.6 is 11.6 Å². The Balaban J connectivity index is 0.743. The zero-order chi connectivity index (χ0) is 43.9. The van der Waals surface area contributed by atoms with Gasteiger partial charge in [-0.3, -0.25) is 39.0 Å². The summed E-state index contributed by atoms with van der Waals surface area (Å²) in [6.45, 7) is 3.07. The number of carbonyl (C=O) groups is 6. The number of halogens is 2. The van der Waals surface area contributed by atoms with Gasteiger partial charge in [0.25, 0.3) is 17.7 Å². The van der Waals surface area contributed by atoms with Gasteiger partial charge in [0.05, 0.1) is 39.5 Å². The molecule has 1 aliphatic carbocycles. The molecule has 0 spiro atoms. The first kappa shape index (κ1) is 41.4.